The Bertz CT molecular complexity index is 677. The Morgan fingerprint density at radius 2 is 2.13 bits per heavy atom. The van der Waals surface area contributed by atoms with E-state index in [1.165, 1.54) is 56.3 Å². The van der Waals surface area contributed by atoms with Crippen LogP contribution in [0, 0.1) is 10.1 Å². The number of rotatable bonds is 6. The molecule has 124 valence electrons. The monoisotopic (exact) mass is 336 g/mol. The second kappa shape index (κ2) is 7.12. The summed E-state index contributed by atoms with van der Waals surface area (Å²) in [5.41, 5.74) is 0.00505. The maximum absolute atomic E-state index is 10.7. The lowest BCUT2D eigenvalue weighted by atomic mass is 9.89. The van der Waals surface area contributed by atoms with Crippen LogP contribution in [0.5, 0.6) is 0 Å². The first-order valence-electron chi connectivity index (χ1n) is 7.91. The number of thioether (sulfide) groups is 1. The average molecular weight is 336 g/mol. The number of hydrogen-bond acceptors (Lipinski definition) is 6. The van der Waals surface area contributed by atoms with Gasteiger partial charge < -0.3 is 4.57 Å². The van der Waals surface area contributed by atoms with Gasteiger partial charge in [0.2, 0.25) is 0 Å². The Morgan fingerprint density at radius 3 is 2.78 bits per heavy atom. The van der Waals surface area contributed by atoms with E-state index in [0.717, 1.165) is 17.5 Å². The molecule has 9 heteroatoms. The first-order valence-corrected chi connectivity index (χ1v) is 8.90. The molecule has 1 aliphatic rings. The van der Waals surface area contributed by atoms with E-state index in [-0.39, 0.29) is 5.69 Å². The lowest BCUT2D eigenvalue weighted by molar-refractivity contribution is -0.385. The third-order valence-corrected chi connectivity index (χ3v) is 5.14. The number of aromatic nitrogens is 5. The summed E-state index contributed by atoms with van der Waals surface area (Å²) in [5, 5.41) is 24.3. The molecule has 0 unspecified atom stereocenters. The molecule has 23 heavy (non-hydrogen) atoms. The van der Waals surface area contributed by atoms with Crippen LogP contribution in [0.2, 0.25) is 0 Å². The summed E-state index contributed by atoms with van der Waals surface area (Å²) in [6, 6.07) is 0. The predicted octanol–water partition coefficient (Wildman–Crippen LogP) is 3.20. The van der Waals surface area contributed by atoms with E-state index in [9.17, 15) is 10.1 Å². The van der Waals surface area contributed by atoms with E-state index < -0.39 is 4.92 Å². The summed E-state index contributed by atoms with van der Waals surface area (Å²) < 4.78 is 3.72. The summed E-state index contributed by atoms with van der Waals surface area (Å²) >= 11 is 1.50. The molecule has 3 rings (SSSR count). The molecule has 1 fully saturated rings. The minimum Gasteiger partial charge on any atom is -0.306 e. The predicted molar refractivity (Wildman–Crippen MR) is 86.3 cm³/mol. The molecule has 2 aromatic heterocycles. The largest absolute Gasteiger partial charge is 0.307 e. The Morgan fingerprint density at radius 1 is 1.35 bits per heavy atom. The highest BCUT2D eigenvalue weighted by Crippen LogP contribution is 2.33. The molecule has 1 aliphatic carbocycles. The highest BCUT2D eigenvalue weighted by atomic mass is 32.2. The normalized spacial score (nSPS) is 15.9. The lowest BCUT2D eigenvalue weighted by Crippen LogP contribution is -2.12. The summed E-state index contributed by atoms with van der Waals surface area (Å²) in [6.45, 7) is 2.93. The van der Waals surface area contributed by atoms with Crippen molar-refractivity contribution in [1.29, 1.82) is 0 Å². The Hall–Kier alpha value is -1.90. The van der Waals surface area contributed by atoms with Crippen LogP contribution >= 0.6 is 11.8 Å². The third-order valence-electron chi connectivity index (χ3n) is 4.19. The van der Waals surface area contributed by atoms with E-state index in [2.05, 4.69) is 26.8 Å². The summed E-state index contributed by atoms with van der Waals surface area (Å²) in [6.07, 6.45) is 8.92. The molecule has 0 saturated heterocycles. The van der Waals surface area contributed by atoms with Crippen LogP contribution in [0.25, 0.3) is 0 Å². The maximum atomic E-state index is 10.7. The Kier molecular flexibility index (Phi) is 4.94. The lowest BCUT2D eigenvalue weighted by Gasteiger charge is -2.21. The van der Waals surface area contributed by atoms with Crippen molar-refractivity contribution in [2.24, 2.45) is 0 Å². The van der Waals surface area contributed by atoms with Gasteiger partial charge in [0, 0.05) is 12.5 Å². The summed E-state index contributed by atoms with van der Waals surface area (Å²) in [7, 11) is 0. The highest BCUT2D eigenvalue weighted by Gasteiger charge is 2.23. The smallest absolute Gasteiger partial charge is 0.306 e. The van der Waals surface area contributed by atoms with Crippen LogP contribution in [-0.4, -0.2) is 29.5 Å². The zero-order valence-corrected chi connectivity index (χ0v) is 13.9. The van der Waals surface area contributed by atoms with Gasteiger partial charge in [0.25, 0.3) is 0 Å². The Labute approximate surface area is 138 Å². The summed E-state index contributed by atoms with van der Waals surface area (Å²) in [5.74, 6) is 2.08. The van der Waals surface area contributed by atoms with Crippen LogP contribution in [0.3, 0.4) is 0 Å². The fourth-order valence-corrected chi connectivity index (χ4v) is 3.87. The van der Waals surface area contributed by atoms with E-state index in [1.54, 1.807) is 4.68 Å². The van der Waals surface area contributed by atoms with Crippen LogP contribution in [0.4, 0.5) is 5.69 Å². The van der Waals surface area contributed by atoms with Gasteiger partial charge in [-0.3, -0.25) is 14.8 Å². The topological polar surface area (TPSA) is 91.7 Å². The van der Waals surface area contributed by atoms with Gasteiger partial charge in [-0.1, -0.05) is 31.0 Å². The van der Waals surface area contributed by atoms with Crippen LogP contribution < -0.4 is 0 Å². The van der Waals surface area contributed by atoms with Gasteiger partial charge in [-0.2, -0.15) is 5.10 Å². The van der Waals surface area contributed by atoms with Crippen molar-refractivity contribution in [2.45, 2.75) is 62.5 Å². The minimum atomic E-state index is -0.441. The van der Waals surface area contributed by atoms with Crippen molar-refractivity contribution in [1.82, 2.24) is 24.5 Å². The average Bonchev–Trinajstić information content (AvgIpc) is 3.20. The first kappa shape index (κ1) is 16.0. The minimum absolute atomic E-state index is 0.00505. The molecule has 0 spiro atoms. The fourth-order valence-electron chi connectivity index (χ4n) is 3.01. The van der Waals surface area contributed by atoms with Crippen molar-refractivity contribution < 1.29 is 4.92 Å². The molecular formula is C14H20N6O2S. The SMILES string of the molecule is CCn1c(SCn2cc([N+](=O)[O-])cn2)nnc1C1CCCCC1. The van der Waals surface area contributed by atoms with Crippen molar-refractivity contribution in [3.05, 3.63) is 28.3 Å². The van der Waals surface area contributed by atoms with Gasteiger partial charge in [-0.15, -0.1) is 10.2 Å². The van der Waals surface area contributed by atoms with E-state index in [0.29, 0.717) is 11.8 Å². The molecular weight excluding hydrogens is 316 g/mol. The van der Waals surface area contributed by atoms with E-state index in [1.807, 2.05) is 0 Å². The van der Waals surface area contributed by atoms with Crippen LogP contribution in [-0.2, 0) is 12.4 Å². The molecule has 8 nitrogen and oxygen atoms in total. The zero-order valence-electron chi connectivity index (χ0n) is 13.1. The van der Waals surface area contributed by atoms with Crippen LogP contribution in [0.1, 0.15) is 50.8 Å². The van der Waals surface area contributed by atoms with Crippen molar-refractivity contribution in [3.8, 4) is 0 Å². The van der Waals surface area contributed by atoms with Gasteiger partial charge in [-0.05, 0) is 19.8 Å². The fraction of sp³-hybridized carbons (Fsp3) is 0.643. The van der Waals surface area contributed by atoms with E-state index >= 15 is 0 Å². The molecule has 1 saturated carbocycles. The molecule has 0 bridgehead atoms. The molecule has 0 radical (unpaired) electrons. The van der Waals surface area contributed by atoms with Gasteiger partial charge in [0.05, 0.1) is 10.8 Å². The van der Waals surface area contributed by atoms with E-state index in [4.69, 9.17) is 0 Å². The Balaban J connectivity index is 1.69. The molecule has 2 heterocycles. The number of hydrogen-bond donors (Lipinski definition) is 0. The summed E-state index contributed by atoms with van der Waals surface area (Å²) in [4.78, 5) is 10.2. The molecule has 0 N–H and O–H groups in total. The maximum Gasteiger partial charge on any atom is 0.307 e. The zero-order chi connectivity index (χ0) is 16.2. The van der Waals surface area contributed by atoms with Gasteiger partial charge >= 0.3 is 5.69 Å². The number of nitrogens with zero attached hydrogens (tertiary/aromatic N) is 6. The molecule has 0 amide bonds. The van der Waals surface area contributed by atoms with Crippen LogP contribution in [0.15, 0.2) is 17.6 Å². The second-order valence-corrected chi connectivity index (χ2v) is 6.60. The quantitative estimate of drug-likeness (QED) is 0.457. The molecule has 0 atom stereocenters. The molecule has 2 aromatic rings. The van der Waals surface area contributed by atoms with Crippen molar-refractivity contribution in [3.63, 3.8) is 0 Å². The molecule has 0 aliphatic heterocycles. The van der Waals surface area contributed by atoms with Gasteiger partial charge in [0.1, 0.15) is 18.2 Å². The van der Waals surface area contributed by atoms with Crippen molar-refractivity contribution in [2.75, 3.05) is 0 Å². The molecule has 0 aromatic carbocycles. The standard InChI is InChI=1S/C14H20N6O2S/c1-2-19-13(11-6-4-3-5-7-11)16-17-14(19)23-10-18-9-12(8-15-18)20(21)22/h8-9,11H,2-7,10H2,1H3. The third kappa shape index (κ3) is 3.54. The van der Waals surface area contributed by atoms with Gasteiger partial charge in [-0.25, -0.2) is 0 Å². The number of nitro groups is 1. The van der Waals surface area contributed by atoms with Crippen molar-refractivity contribution >= 4 is 17.4 Å². The van der Waals surface area contributed by atoms with Gasteiger partial charge in [0.15, 0.2) is 5.16 Å². The second-order valence-electron chi connectivity index (χ2n) is 5.69. The first-order chi connectivity index (χ1) is 11.2. The highest BCUT2D eigenvalue weighted by molar-refractivity contribution is 7.98.